The molecule has 18 heteroatoms. The second kappa shape index (κ2) is 82.4. The van der Waals surface area contributed by atoms with Gasteiger partial charge in [0.15, 0.2) is 6.10 Å². The van der Waals surface area contributed by atoms with Crippen LogP contribution in [0.1, 0.15) is 329 Å². The van der Waals surface area contributed by atoms with Crippen LogP contribution >= 0.6 is 15.6 Å². The van der Waals surface area contributed by atoms with Crippen LogP contribution in [0.5, 0.6) is 0 Å². The minimum Gasteiger partial charge on any atom is -0.463 e. The molecule has 16 nitrogen and oxygen atoms in total. The van der Waals surface area contributed by atoms with Crippen LogP contribution in [0.15, 0.2) is 170 Å². The Morgan fingerprint density at radius 2 is 0.486 bits per heavy atom. The molecule has 0 saturated carbocycles. The van der Waals surface area contributed by atoms with Gasteiger partial charge in [-0.05, 0) is 161 Å². The molecule has 4 N–H and O–H groups in total. The van der Waals surface area contributed by atoms with Gasteiger partial charge in [-0.25, -0.2) is 9.13 Å². The number of hydrogen-bond donors (Lipinski definition) is 4. The Balaban J connectivity index is 4.63. The maximum Gasteiger partial charge on any atom is 0.472 e. The van der Waals surface area contributed by atoms with Crippen LogP contribution in [-0.4, -0.2) is 95.9 Å². The van der Waals surface area contributed by atoms with Crippen LogP contribution in [0, 0.1) is 0 Å². The number of hydrogen-bond acceptors (Lipinski definition) is 14. The van der Waals surface area contributed by atoms with E-state index >= 15 is 0 Å². The van der Waals surface area contributed by atoms with E-state index in [1.165, 1.54) is 96.3 Å². The molecule has 5 unspecified atom stereocenters. The van der Waals surface area contributed by atoms with Gasteiger partial charge in [0.05, 0.1) is 26.4 Å². The summed E-state index contributed by atoms with van der Waals surface area (Å²) in [5.74, 6) is -1.62. The summed E-state index contributed by atoms with van der Waals surface area (Å²) >= 11 is 0. The standard InChI is InChI=1S/C91H152O16P2/c1-4-7-10-13-16-19-22-25-28-31-34-37-38-39-40-41-42-43-44-45-46-49-51-53-56-59-62-65-68-71-74-77-89(94)101-80-86(92)81-103-108(97,98)104-82-87(93)83-105-109(99,100)106-85-88(107-91(96)79-76-73-70-67-64-61-58-55-52-48-36-33-30-27-24-21-18-15-12-9-6-3)84-102-90(95)78-75-72-69-66-63-60-57-54-50-47-35-32-29-26-23-20-17-14-11-8-5-2/h7,10,16-21,25-30,34-37,39-40,42-43,47-48,54-55,57-58,86-88,92-93H,4-6,8-9,11-15,22-24,31-33,38,41,44-46,49-53,56,59-85H2,1-3H3,(H,97,98)(H,99,100)/b10-7-,19-16-,20-17-,21-18-,28-25-,29-26-,30-27-,37-34-,40-39-,43-42-,47-35-,48-36-,57-54-,58-55-. The first kappa shape index (κ1) is 104. The highest BCUT2D eigenvalue weighted by Gasteiger charge is 2.29. The number of ether oxygens (including phenoxy) is 3. The molecule has 0 aromatic rings. The number of carbonyl (C=O) groups excluding carboxylic acids is 3. The van der Waals surface area contributed by atoms with Crippen molar-refractivity contribution in [2.75, 3.05) is 39.6 Å². The summed E-state index contributed by atoms with van der Waals surface area (Å²) in [6.45, 7) is 2.47. The molecule has 0 aromatic heterocycles. The lowest BCUT2D eigenvalue weighted by Crippen LogP contribution is -2.30. The third-order valence-corrected chi connectivity index (χ3v) is 19.3. The minimum absolute atomic E-state index is 0.0740. The van der Waals surface area contributed by atoms with E-state index in [1.807, 2.05) is 0 Å². The van der Waals surface area contributed by atoms with Crippen molar-refractivity contribution in [3.05, 3.63) is 170 Å². The average molecular weight is 1560 g/mol. The fourth-order valence-corrected chi connectivity index (χ4v) is 12.5. The normalized spacial score (nSPS) is 14.7. The van der Waals surface area contributed by atoms with Gasteiger partial charge in [-0.2, -0.15) is 0 Å². The zero-order chi connectivity index (χ0) is 79.4. The predicted molar refractivity (Wildman–Crippen MR) is 454 cm³/mol. The van der Waals surface area contributed by atoms with Crippen LogP contribution in [0.25, 0.3) is 0 Å². The number of unbranched alkanes of at least 4 members (excludes halogenated alkanes) is 28. The minimum atomic E-state index is -4.95. The molecule has 0 amide bonds. The number of allylic oxidation sites excluding steroid dienone is 28. The molecule has 0 aliphatic carbocycles. The maximum atomic E-state index is 13.0. The molecule has 0 bridgehead atoms. The summed E-state index contributed by atoms with van der Waals surface area (Å²) in [5, 5.41) is 20.7. The lowest BCUT2D eigenvalue weighted by Gasteiger charge is -2.21. The van der Waals surface area contributed by atoms with Crippen molar-refractivity contribution in [1.29, 1.82) is 0 Å². The first-order valence-corrected chi connectivity index (χ1v) is 45.4. The number of rotatable bonds is 79. The lowest BCUT2D eigenvalue weighted by atomic mass is 10.0. The zero-order valence-corrected chi connectivity index (χ0v) is 70.0. The van der Waals surface area contributed by atoms with Crippen LogP contribution in [0.3, 0.4) is 0 Å². The van der Waals surface area contributed by atoms with E-state index in [-0.39, 0.29) is 19.3 Å². The van der Waals surface area contributed by atoms with Crippen molar-refractivity contribution in [3.63, 3.8) is 0 Å². The number of aliphatic hydroxyl groups is 2. The van der Waals surface area contributed by atoms with Crippen molar-refractivity contribution in [2.45, 2.75) is 347 Å². The maximum absolute atomic E-state index is 13.0. The number of aliphatic hydroxyl groups excluding tert-OH is 2. The topological polar surface area (TPSA) is 231 Å². The van der Waals surface area contributed by atoms with Gasteiger partial charge in [0, 0.05) is 19.3 Å². The SMILES string of the molecule is CC/C=C\C/C=C\C/C=C\C/C=C\C/C=C\C/C=C\CCCCCCCCCCCCCCC(=O)OCC(O)COP(=O)(O)OCC(O)COP(=O)(O)OCC(COC(=O)CCCCCCC/C=C\C/C=C\C/C=C\C/C=C\CCCCC)OC(=O)CCCCCCC/C=C\C/C=C\C/C=C\C/C=C\CCCCC. The molecule has 0 saturated heterocycles. The molecule has 0 spiro atoms. The van der Waals surface area contributed by atoms with Crippen molar-refractivity contribution < 1.29 is 75.8 Å². The van der Waals surface area contributed by atoms with Gasteiger partial charge in [-0.15, -0.1) is 0 Å². The van der Waals surface area contributed by atoms with Crippen molar-refractivity contribution in [1.82, 2.24) is 0 Å². The first-order valence-electron chi connectivity index (χ1n) is 42.4. The molecular formula is C91H152O16P2. The Morgan fingerprint density at radius 1 is 0.266 bits per heavy atom. The molecule has 0 heterocycles. The fraction of sp³-hybridized carbons (Fsp3) is 0.659. The number of esters is 3. The molecular weight excluding hydrogens is 1410 g/mol. The molecule has 0 aromatic carbocycles. The van der Waals surface area contributed by atoms with Crippen LogP contribution in [0.4, 0.5) is 0 Å². The highest BCUT2D eigenvalue weighted by atomic mass is 31.2. The van der Waals surface area contributed by atoms with E-state index < -0.39 is 91.5 Å². The van der Waals surface area contributed by atoms with Gasteiger partial charge < -0.3 is 34.2 Å². The molecule has 0 rings (SSSR count). The monoisotopic (exact) mass is 1560 g/mol. The fourth-order valence-electron chi connectivity index (χ4n) is 11.0. The lowest BCUT2D eigenvalue weighted by molar-refractivity contribution is -0.161. The highest BCUT2D eigenvalue weighted by molar-refractivity contribution is 7.47. The van der Waals surface area contributed by atoms with Gasteiger partial charge >= 0.3 is 33.6 Å². The summed E-state index contributed by atoms with van der Waals surface area (Å²) in [6, 6.07) is 0. The largest absolute Gasteiger partial charge is 0.472 e. The molecule has 109 heavy (non-hydrogen) atoms. The quantitative estimate of drug-likeness (QED) is 0.0146. The summed E-state index contributed by atoms with van der Waals surface area (Å²) < 4.78 is 61.3. The Hall–Kier alpha value is -5.09. The Labute approximate surface area is 662 Å². The summed E-state index contributed by atoms with van der Waals surface area (Å²) in [5.41, 5.74) is 0. The van der Waals surface area contributed by atoms with Gasteiger partial charge in [0.25, 0.3) is 0 Å². The van der Waals surface area contributed by atoms with E-state index in [2.05, 4.69) is 191 Å². The van der Waals surface area contributed by atoms with Crippen LogP contribution in [0.2, 0.25) is 0 Å². The zero-order valence-electron chi connectivity index (χ0n) is 68.2. The third kappa shape index (κ3) is 83.7. The van der Waals surface area contributed by atoms with E-state index in [1.54, 1.807) is 0 Å². The molecule has 0 radical (unpaired) electrons. The summed E-state index contributed by atoms with van der Waals surface area (Å²) in [6.07, 6.45) is 105. The Morgan fingerprint density at radius 3 is 0.771 bits per heavy atom. The average Bonchev–Trinajstić information content (AvgIpc) is 0.903. The van der Waals surface area contributed by atoms with Crippen LogP contribution in [-0.2, 0) is 55.8 Å². The van der Waals surface area contributed by atoms with Crippen molar-refractivity contribution in [3.8, 4) is 0 Å². The smallest absolute Gasteiger partial charge is 0.463 e. The van der Waals surface area contributed by atoms with E-state index in [0.717, 1.165) is 173 Å². The van der Waals surface area contributed by atoms with Gasteiger partial charge in [0.1, 0.15) is 25.4 Å². The van der Waals surface area contributed by atoms with Gasteiger partial charge in [-0.3, -0.25) is 32.5 Å². The Kier molecular flexibility index (Phi) is 78.5. The Bertz CT molecular complexity index is 2660. The molecule has 5 atom stereocenters. The molecule has 0 fully saturated rings. The summed E-state index contributed by atoms with van der Waals surface area (Å²) in [4.78, 5) is 58.8. The second-order valence-electron chi connectivity index (χ2n) is 27.9. The highest BCUT2D eigenvalue weighted by Crippen LogP contribution is 2.45. The number of carbonyl (C=O) groups is 3. The molecule has 622 valence electrons. The molecule has 0 aliphatic heterocycles. The van der Waals surface area contributed by atoms with Crippen molar-refractivity contribution >= 4 is 33.6 Å². The van der Waals surface area contributed by atoms with E-state index in [9.17, 15) is 43.5 Å². The number of phosphoric ester groups is 2. The van der Waals surface area contributed by atoms with Gasteiger partial charge in [-0.1, -0.05) is 319 Å². The first-order chi connectivity index (χ1) is 53.2. The van der Waals surface area contributed by atoms with Gasteiger partial charge in [0.2, 0.25) is 0 Å². The van der Waals surface area contributed by atoms with E-state index in [0.29, 0.717) is 19.3 Å². The second-order valence-corrected chi connectivity index (χ2v) is 30.8. The van der Waals surface area contributed by atoms with Crippen molar-refractivity contribution in [2.24, 2.45) is 0 Å². The molecule has 0 aliphatic rings. The van der Waals surface area contributed by atoms with E-state index in [4.69, 9.17) is 32.3 Å². The third-order valence-electron chi connectivity index (χ3n) is 17.4. The van der Waals surface area contributed by atoms with Crippen LogP contribution < -0.4 is 0 Å². The summed E-state index contributed by atoms with van der Waals surface area (Å²) in [7, 11) is -9.82. The number of phosphoric acid groups is 2. The predicted octanol–water partition coefficient (Wildman–Crippen LogP) is 25.5.